The fraction of sp³-hybridized carbons (Fsp3) is 0.611. The van der Waals surface area contributed by atoms with E-state index in [4.69, 9.17) is 4.74 Å². The minimum absolute atomic E-state index is 0. The third-order valence-electron chi connectivity index (χ3n) is 4.92. The van der Waals surface area contributed by atoms with Gasteiger partial charge in [-0.1, -0.05) is 25.1 Å². The molecule has 23 heavy (non-hydrogen) atoms. The van der Waals surface area contributed by atoms with Gasteiger partial charge in [-0.15, -0.1) is 12.4 Å². The minimum atomic E-state index is -0.373. The summed E-state index contributed by atoms with van der Waals surface area (Å²) in [4.78, 5) is 15.1. The van der Waals surface area contributed by atoms with Gasteiger partial charge < -0.3 is 15.0 Å². The summed E-state index contributed by atoms with van der Waals surface area (Å²) in [7, 11) is 0. The van der Waals surface area contributed by atoms with Gasteiger partial charge in [-0.2, -0.15) is 0 Å². The summed E-state index contributed by atoms with van der Waals surface area (Å²) in [6.07, 6.45) is 3.64. The number of hydrogen-bond acceptors (Lipinski definition) is 3. The van der Waals surface area contributed by atoms with Crippen LogP contribution in [0.3, 0.4) is 0 Å². The number of carbonyl (C=O) groups excluding carboxylic acids is 1. The van der Waals surface area contributed by atoms with Crippen molar-refractivity contribution in [2.45, 2.75) is 57.7 Å². The van der Waals surface area contributed by atoms with Gasteiger partial charge in [0.05, 0.1) is 0 Å². The van der Waals surface area contributed by atoms with Crippen LogP contribution in [0.2, 0.25) is 0 Å². The van der Waals surface area contributed by atoms with Gasteiger partial charge in [-0.25, -0.2) is 0 Å². The fourth-order valence-corrected chi connectivity index (χ4v) is 3.66. The van der Waals surface area contributed by atoms with Crippen LogP contribution >= 0.6 is 12.4 Å². The number of carbonyl (C=O) groups is 1. The van der Waals surface area contributed by atoms with Crippen LogP contribution in [0.25, 0.3) is 0 Å². The first kappa shape index (κ1) is 18.1. The molecule has 0 saturated carbocycles. The maximum Gasteiger partial charge on any atom is 0.264 e. The second kappa shape index (κ2) is 8.02. The standard InChI is InChI=1S/C18H26N2O2.ClH/c1-3-16(22-17-7-5-4-6-13(17)2)18(21)20-14-8-9-15(20)12-19-11-10-14;/h4-7,14-16,19H,3,8-12H2,1-2H3;1H. The molecule has 2 aliphatic rings. The van der Waals surface area contributed by atoms with Crippen molar-refractivity contribution in [3.8, 4) is 5.75 Å². The first-order chi connectivity index (χ1) is 10.7. The van der Waals surface area contributed by atoms with Crippen LogP contribution in [0, 0.1) is 6.92 Å². The molecule has 0 radical (unpaired) electrons. The highest BCUT2D eigenvalue weighted by Gasteiger charge is 2.40. The largest absolute Gasteiger partial charge is 0.480 e. The molecule has 2 aliphatic heterocycles. The van der Waals surface area contributed by atoms with Gasteiger partial charge in [0.2, 0.25) is 0 Å². The minimum Gasteiger partial charge on any atom is -0.480 e. The zero-order valence-electron chi connectivity index (χ0n) is 14.0. The van der Waals surface area contributed by atoms with E-state index in [1.54, 1.807) is 0 Å². The fourth-order valence-electron chi connectivity index (χ4n) is 3.66. The zero-order chi connectivity index (χ0) is 15.5. The average molecular weight is 339 g/mol. The molecule has 2 saturated heterocycles. The lowest BCUT2D eigenvalue weighted by Gasteiger charge is -2.31. The molecule has 5 heteroatoms. The molecule has 2 bridgehead atoms. The normalized spacial score (nSPS) is 24.5. The Morgan fingerprint density at radius 3 is 2.78 bits per heavy atom. The number of nitrogens with one attached hydrogen (secondary N) is 1. The maximum absolute atomic E-state index is 13.0. The molecule has 3 atom stereocenters. The average Bonchev–Trinajstić information content (AvgIpc) is 2.79. The van der Waals surface area contributed by atoms with Crippen LogP contribution in [0.15, 0.2) is 24.3 Å². The molecule has 0 aliphatic carbocycles. The predicted molar refractivity (Wildman–Crippen MR) is 94.3 cm³/mol. The highest BCUT2D eigenvalue weighted by molar-refractivity contribution is 5.85. The van der Waals surface area contributed by atoms with E-state index in [0.717, 1.165) is 43.7 Å². The topological polar surface area (TPSA) is 41.6 Å². The van der Waals surface area contributed by atoms with Gasteiger partial charge in [0, 0.05) is 18.6 Å². The third kappa shape index (κ3) is 3.81. The van der Waals surface area contributed by atoms with E-state index in [0.29, 0.717) is 18.5 Å². The van der Waals surface area contributed by atoms with E-state index in [-0.39, 0.29) is 24.4 Å². The van der Waals surface area contributed by atoms with Crippen molar-refractivity contribution in [2.75, 3.05) is 13.1 Å². The third-order valence-corrected chi connectivity index (χ3v) is 4.92. The number of fused-ring (bicyclic) bond motifs is 2. The summed E-state index contributed by atoms with van der Waals surface area (Å²) in [5.41, 5.74) is 1.08. The van der Waals surface area contributed by atoms with Crippen LogP contribution in [-0.4, -0.2) is 42.1 Å². The number of nitrogens with zero attached hydrogens (tertiary/aromatic N) is 1. The highest BCUT2D eigenvalue weighted by atomic mass is 35.5. The number of halogens is 1. The van der Waals surface area contributed by atoms with E-state index in [2.05, 4.69) is 10.2 Å². The smallest absolute Gasteiger partial charge is 0.264 e. The summed E-state index contributed by atoms with van der Waals surface area (Å²) in [6.45, 7) is 5.98. The van der Waals surface area contributed by atoms with E-state index >= 15 is 0 Å². The molecular formula is C18H27ClN2O2. The number of hydrogen-bond donors (Lipinski definition) is 1. The molecule has 1 amide bonds. The summed E-state index contributed by atoms with van der Waals surface area (Å²) in [5.74, 6) is 0.991. The number of ether oxygens (including phenoxy) is 1. The quantitative estimate of drug-likeness (QED) is 0.917. The van der Waals surface area contributed by atoms with Crippen LogP contribution < -0.4 is 10.1 Å². The number of para-hydroxylation sites is 1. The zero-order valence-corrected chi connectivity index (χ0v) is 14.8. The van der Waals surface area contributed by atoms with Crippen molar-refractivity contribution in [1.29, 1.82) is 0 Å². The van der Waals surface area contributed by atoms with E-state index in [1.807, 2.05) is 38.1 Å². The van der Waals surface area contributed by atoms with Crippen molar-refractivity contribution in [3.05, 3.63) is 29.8 Å². The first-order valence-corrected chi connectivity index (χ1v) is 8.46. The van der Waals surface area contributed by atoms with E-state index < -0.39 is 0 Å². The Bertz CT molecular complexity index is 524. The molecule has 3 rings (SSSR count). The van der Waals surface area contributed by atoms with E-state index in [9.17, 15) is 4.79 Å². The molecular weight excluding hydrogens is 312 g/mol. The lowest BCUT2D eigenvalue weighted by molar-refractivity contribution is -0.141. The Balaban J connectivity index is 0.00000192. The molecule has 2 fully saturated rings. The molecule has 1 N–H and O–H groups in total. The Labute approximate surface area is 145 Å². The monoisotopic (exact) mass is 338 g/mol. The van der Waals surface area contributed by atoms with E-state index in [1.165, 1.54) is 0 Å². The van der Waals surface area contributed by atoms with Crippen molar-refractivity contribution in [3.63, 3.8) is 0 Å². The second-order valence-corrected chi connectivity index (χ2v) is 6.40. The van der Waals surface area contributed by atoms with Gasteiger partial charge in [-0.05, 0) is 50.8 Å². The second-order valence-electron chi connectivity index (χ2n) is 6.40. The summed E-state index contributed by atoms with van der Waals surface area (Å²) in [6, 6.07) is 8.65. The predicted octanol–water partition coefficient (Wildman–Crippen LogP) is 2.93. The van der Waals surface area contributed by atoms with Crippen molar-refractivity contribution in [1.82, 2.24) is 10.2 Å². The Morgan fingerprint density at radius 1 is 1.30 bits per heavy atom. The number of benzene rings is 1. The molecule has 1 aromatic rings. The lowest BCUT2D eigenvalue weighted by atomic mass is 10.1. The van der Waals surface area contributed by atoms with Gasteiger partial charge in [0.25, 0.3) is 5.91 Å². The van der Waals surface area contributed by atoms with Crippen LogP contribution in [0.1, 0.15) is 38.2 Å². The Hall–Kier alpha value is -1.26. The number of amides is 1. The molecule has 0 aromatic heterocycles. The summed E-state index contributed by atoms with van der Waals surface area (Å²) >= 11 is 0. The SMILES string of the molecule is CCC(Oc1ccccc1C)C(=O)N1C2CCNCC1CC2.Cl. The van der Waals surface area contributed by atoms with Crippen molar-refractivity contribution in [2.24, 2.45) is 0 Å². The molecule has 3 unspecified atom stereocenters. The van der Waals surface area contributed by atoms with Gasteiger partial charge >= 0.3 is 0 Å². The van der Waals surface area contributed by atoms with Gasteiger partial charge in [0.1, 0.15) is 5.75 Å². The lowest BCUT2D eigenvalue weighted by Crippen LogP contribution is -2.48. The molecule has 2 heterocycles. The van der Waals surface area contributed by atoms with Gasteiger partial charge in [0.15, 0.2) is 6.10 Å². The molecule has 4 nitrogen and oxygen atoms in total. The highest BCUT2D eigenvalue weighted by Crippen LogP contribution is 2.30. The molecule has 0 spiro atoms. The maximum atomic E-state index is 13.0. The van der Waals surface area contributed by atoms with Crippen LogP contribution in [0.5, 0.6) is 5.75 Å². The van der Waals surface area contributed by atoms with Crippen molar-refractivity contribution < 1.29 is 9.53 Å². The summed E-state index contributed by atoms with van der Waals surface area (Å²) in [5, 5.41) is 3.44. The van der Waals surface area contributed by atoms with Crippen molar-refractivity contribution >= 4 is 18.3 Å². The molecule has 1 aromatic carbocycles. The first-order valence-electron chi connectivity index (χ1n) is 8.46. The Morgan fingerprint density at radius 2 is 2.04 bits per heavy atom. The Kier molecular flexibility index (Phi) is 6.31. The van der Waals surface area contributed by atoms with Crippen LogP contribution in [-0.2, 0) is 4.79 Å². The summed E-state index contributed by atoms with van der Waals surface area (Å²) < 4.78 is 6.06. The number of aryl methyl sites for hydroxylation is 1. The molecule has 128 valence electrons. The van der Waals surface area contributed by atoms with Crippen LogP contribution in [0.4, 0.5) is 0 Å². The van der Waals surface area contributed by atoms with Gasteiger partial charge in [-0.3, -0.25) is 4.79 Å². The number of rotatable bonds is 4.